The van der Waals surface area contributed by atoms with Crippen LogP contribution in [0.4, 0.5) is 4.39 Å². The van der Waals surface area contributed by atoms with Crippen LogP contribution in [0.2, 0.25) is 5.02 Å². The van der Waals surface area contributed by atoms with Gasteiger partial charge >= 0.3 is 0 Å². The first-order valence-corrected chi connectivity index (χ1v) is 11.0. The number of amides is 1. The molecule has 3 aromatic carbocycles. The monoisotopic (exact) mass is 463 g/mol. The van der Waals surface area contributed by atoms with Crippen molar-refractivity contribution < 1.29 is 13.7 Å². The van der Waals surface area contributed by atoms with Crippen LogP contribution >= 0.6 is 11.6 Å². The summed E-state index contributed by atoms with van der Waals surface area (Å²) in [7, 11) is 0. The summed E-state index contributed by atoms with van der Waals surface area (Å²) >= 11 is 6.06. The van der Waals surface area contributed by atoms with Crippen molar-refractivity contribution in [3.8, 4) is 11.4 Å². The molecule has 0 saturated heterocycles. The molecule has 0 aliphatic heterocycles. The van der Waals surface area contributed by atoms with Gasteiger partial charge in [-0.05, 0) is 42.3 Å². The van der Waals surface area contributed by atoms with E-state index in [9.17, 15) is 9.18 Å². The number of hydrogen-bond acceptors (Lipinski definition) is 4. The van der Waals surface area contributed by atoms with E-state index in [1.165, 1.54) is 12.1 Å². The van der Waals surface area contributed by atoms with Crippen molar-refractivity contribution in [3.63, 3.8) is 0 Å². The zero-order valence-corrected chi connectivity index (χ0v) is 18.9. The molecule has 0 aliphatic carbocycles. The van der Waals surface area contributed by atoms with E-state index in [0.717, 1.165) is 16.7 Å². The summed E-state index contributed by atoms with van der Waals surface area (Å²) in [5.74, 6) is 0.498. The molecule has 4 aromatic rings. The number of aromatic nitrogens is 2. The number of hydrogen-bond donors (Lipinski definition) is 0. The van der Waals surface area contributed by atoms with Gasteiger partial charge in [-0.1, -0.05) is 71.4 Å². The Hall–Kier alpha value is -3.51. The number of carbonyl (C=O) groups excluding carboxylic acids is 1. The predicted octanol–water partition coefficient (Wildman–Crippen LogP) is 5.90. The molecule has 0 N–H and O–H groups in total. The summed E-state index contributed by atoms with van der Waals surface area (Å²) in [5, 5.41) is 4.64. The molecule has 0 aliphatic rings. The van der Waals surface area contributed by atoms with Gasteiger partial charge in [0.25, 0.3) is 0 Å². The van der Waals surface area contributed by atoms with Crippen molar-refractivity contribution in [3.05, 3.63) is 107 Å². The summed E-state index contributed by atoms with van der Waals surface area (Å²) in [6.07, 6.45) is 0.578. The minimum Gasteiger partial charge on any atom is -0.339 e. The Labute approximate surface area is 196 Å². The van der Waals surface area contributed by atoms with E-state index in [-0.39, 0.29) is 24.2 Å². The maximum absolute atomic E-state index is 13.3. The minimum atomic E-state index is -0.326. The van der Waals surface area contributed by atoms with Gasteiger partial charge in [-0.3, -0.25) is 4.79 Å². The van der Waals surface area contributed by atoms with Gasteiger partial charge in [0.15, 0.2) is 0 Å². The van der Waals surface area contributed by atoms with Gasteiger partial charge in [-0.25, -0.2) is 4.39 Å². The molecule has 4 rings (SSSR count). The molecule has 7 heteroatoms. The average Bonchev–Trinajstić information content (AvgIpc) is 3.30. The number of benzene rings is 3. The molecule has 0 spiro atoms. The maximum atomic E-state index is 13.3. The van der Waals surface area contributed by atoms with Crippen LogP contribution in [0.25, 0.3) is 11.4 Å². The van der Waals surface area contributed by atoms with Gasteiger partial charge < -0.3 is 9.42 Å². The van der Waals surface area contributed by atoms with Crippen LogP contribution < -0.4 is 0 Å². The summed E-state index contributed by atoms with van der Waals surface area (Å²) < 4.78 is 18.7. The SMILES string of the molecule is C[C@@H](c1ccccc1)N(CCc1nc(-c2cccc(Cl)c2)no1)C(=O)Cc1ccc(F)cc1. The molecular weight excluding hydrogens is 441 g/mol. The fourth-order valence-corrected chi connectivity index (χ4v) is 3.83. The van der Waals surface area contributed by atoms with E-state index in [2.05, 4.69) is 10.1 Å². The first-order chi connectivity index (χ1) is 16.0. The number of halogens is 2. The van der Waals surface area contributed by atoms with Crippen LogP contribution in [0, 0.1) is 5.82 Å². The lowest BCUT2D eigenvalue weighted by molar-refractivity contribution is -0.132. The number of carbonyl (C=O) groups is 1. The van der Waals surface area contributed by atoms with E-state index in [1.807, 2.05) is 49.4 Å². The molecule has 1 aromatic heterocycles. The smallest absolute Gasteiger partial charge is 0.228 e. The lowest BCUT2D eigenvalue weighted by atomic mass is 10.0. The van der Waals surface area contributed by atoms with Crippen LogP contribution in [0.1, 0.15) is 30.0 Å². The molecule has 5 nitrogen and oxygen atoms in total. The lowest BCUT2D eigenvalue weighted by Gasteiger charge is -2.29. The van der Waals surface area contributed by atoms with Crippen molar-refractivity contribution in [1.29, 1.82) is 0 Å². The predicted molar refractivity (Wildman–Crippen MR) is 125 cm³/mol. The summed E-state index contributed by atoms with van der Waals surface area (Å²) in [6.45, 7) is 2.39. The van der Waals surface area contributed by atoms with Crippen molar-refractivity contribution in [2.24, 2.45) is 0 Å². The summed E-state index contributed by atoms with van der Waals surface area (Å²) in [5.41, 5.74) is 2.54. The summed E-state index contributed by atoms with van der Waals surface area (Å²) in [4.78, 5) is 19.5. The zero-order valence-electron chi connectivity index (χ0n) is 18.1. The van der Waals surface area contributed by atoms with Crippen LogP contribution in [0.5, 0.6) is 0 Å². The van der Waals surface area contributed by atoms with Gasteiger partial charge in [-0.15, -0.1) is 0 Å². The van der Waals surface area contributed by atoms with Gasteiger partial charge in [0.2, 0.25) is 17.6 Å². The largest absolute Gasteiger partial charge is 0.339 e. The van der Waals surface area contributed by atoms with Gasteiger partial charge in [0, 0.05) is 23.6 Å². The molecule has 1 heterocycles. The topological polar surface area (TPSA) is 59.2 Å². The van der Waals surface area contributed by atoms with Crippen LogP contribution in [0.15, 0.2) is 83.4 Å². The lowest BCUT2D eigenvalue weighted by Crippen LogP contribution is -2.36. The quantitative estimate of drug-likeness (QED) is 0.326. The zero-order chi connectivity index (χ0) is 23.2. The molecule has 1 amide bonds. The Morgan fingerprint density at radius 3 is 2.55 bits per heavy atom. The molecule has 33 heavy (non-hydrogen) atoms. The third-order valence-corrected chi connectivity index (χ3v) is 5.69. The van der Waals surface area contributed by atoms with E-state index in [4.69, 9.17) is 16.1 Å². The molecule has 168 valence electrons. The molecule has 0 bridgehead atoms. The van der Waals surface area contributed by atoms with Crippen LogP contribution in [-0.2, 0) is 17.6 Å². The second kappa shape index (κ2) is 10.4. The molecule has 1 atom stereocenters. The third-order valence-electron chi connectivity index (χ3n) is 5.46. The van der Waals surface area contributed by atoms with Crippen molar-refractivity contribution in [2.45, 2.75) is 25.8 Å². The molecule has 0 saturated carbocycles. The molecular formula is C26H23ClFN3O2. The van der Waals surface area contributed by atoms with Crippen LogP contribution in [-0.4, -0.2) is 27.5 Å². The van der Waals surface area contributed by atoms with E-state index >= 15 is 0 Å². The van der Waals surface area contributed by atoms with Crippen molar-refractivity contribution >= 4 is 17.5 Å². The normalized spacial score (nSPS) is 11.8. The number of rotatable bonds is 8. The average molecular weight is 464 g/mol. The van der Waals surface area contributed by atoms with E-state index in [1.54, 1.807) is 29.2 Å². The first kappa shape index (κ1) is 22.7. The fourth-order valence-electron chi connectivity index (χ4n) is 3.64. The fraction of sp³-hybridized carbons (Fsp3) is 0.192. The van der Waals surface area contributed by atoms with Crippen molar-refractivity contribution in [1.82, 2.24) is 15.0 Å². The van der Waals surface area contributed by atoms with Crippen molar-refractivity contribution in [2.75, 3.05) is 6.54 Å². The van der Waals surface area contributed by atoms with Gasteiger partial charge in [0.05, 0.1) is 12.5 Å². The van der Waals surface area contributed by atoms with E-state index in [0.29, 0.717) is 29.7 Å². The first-order valence-electron chi connectivity index (χ1n) is 10.7. The highest BCUT2D eigenvalue weighted by atomic mass is 35.5. The van der Waals surface area contributed by atoms with E-state index < -0.39 is 0 Å². The Kier molecular flexibility index (Phi) is 7.15. The second-order valence-electron chi connectivity index (χ2n) is 7.75. The molecule has 0 unspecified atom stereocenters. The Morgan fingerprint density at radius 1 is 1.06 bits per heavy atom. The Morgan fingerprint density at radius 2 is 1.82 bits per heavy atom. The van der Waals surface area contributed by atoms with Gasteiger partial charge in [-0.2, -0.15) is 4.98 Å². The minimum absolute atomic E-state index is 0.0625. The standard InChI is InChI=1S/C26H23ClFN3O2/c1-18(20-6-3-2-4-7-20)31(25(32)16-19-10-12-23(28)13-11-19)15-14-24-29-26(30-33-24)21-8-5-9-22(27)17-21/h2-13,17-18H,14-16H2,1H3/t18-/m0/s1. The Balaban J connectivity index is 1.51. The molecule has 0 fully saturated rings. The van der Waals surface area contributed by atoms with Gasteiger partial charge in [0.1, 0.15) is 5.82 Å². The summed E-state index contributed by atoms with van der Waals surface area (Å²) in [6, 6.07) is 22.9. The Bertz CT molecular complexity index is 1210. The highest BCUT2D eigenvalue weighted by Crippen LogP contribution is 2.23. The third kappa shape index (κ3) is 5.84. The highest BCUT2D eigenvalue weighted by molar-refractivity contribution is 6.30. The molecule has 0 radical (unpaired) electrons. The highest BCUT2D eigenvalue weighted by Gasteiger charge is 2.23. The maximum Gasteiger partial charge on any atom is 0.228 e. The second-order valence-corrected chi connectivity index (χ2v) is 8.19. The van der Waals surface area contributed by atoms with Crippen LogP contribution in [0.3, 0.4) is 0 Å². The number of nitrogens with zero attached hydrogens (tertiary/aromatic N) is 3.